The predicted octanol–water partition coefficient (Wildman–Crippen LogP) is 3.57. The van der Waals surface area contributed by atoms with Gasteiger partial charge < -0.3 is 9.47 Å². The lowest BCUT2D eigenvalue weighted by Crippen LogP contribution is -2.21. The summed E-state index contributed by atoms with van der Waals surface area (Å²) in [5, 5.41) is 0. The molecule has 0 N–H and O–H groups in total. The van der Waals surface area contributed by atoms with Gasteiger partial charge in [0, 0.05) is 16.7 Å². The molecule has 1 aliphatic rings. The summed E-state index contributed by atoms with van der Waals surface area (Å²) in [5.41, 5.74) is 2.08. The Balaban J connectivity index is 1.88. The van der Waals surface area contributed by atoms with E-state index in [1.165, 1.54) is 7.11 Å². The highest BCUT2D eigenvalue weighted by Gasteiger charge is 2.31. The van der Waals surface area contributed by atoms with Gasteiger partial charge in [0.1, 0.15) is 12.4 Å². The molecule has 3 rings (SSSR count). The Hall–Kier alpha value is -2.88. The minimum absolute atomic E-state index is 0.0997. The summed E-state index contributed by atoms with van der Waals surface area (Å²) >= 11 is 0. The summed E-state index contributed by atoms with van der Waals surface area (Å²) in [6.07, 6.45) is 0. The number of ether oxygens (including phenoxy) is 2. The molecule has 0 heterocycles. The smallest absolute Gasteiger partial charge is 0.228 e. The fourth-order valence-corrected chi connectivity index (χ4v) is 2.58. The maximum Gasteiger partial charge on any atom is 0.228 e. The van der Waals surface area contributed by atoms with Crippen molar-refractivity contribution in [2.45, 2.75) is 13.5 Å². The molecule has 4 heteroatoms. The lowest BCUT2D eigenvalue weighted by atomic mass is 9.88. The van der Waals surface area contributed by atoms with Crippen LogP contribution >= 0.6 is 0 Å². The van der Waals surface area contributed by atoms with Crippen LogP contribution in [-0.2, 0) is 11.3 Å². The summed E-state index contributed by atoms with van der Waals surface area (Å²) in [7, 11) is 1.39. The lowest BCUT2D eigenvalue weighted by molar-refractivity contribution is 0.0905. The van der Waals surface area contributed by atoms with Gasteiger partial charge in [0.05, 0.1) is 7.11 Å². The third-order valence-corrected chi connectivity index (χ3v) is 3.82. The number of ketones is 2. The molecule has 0 saturated heterocycles. The number of rotatable bonds is 4. The maximum atomic E-state index is 12.4. The topological polar surface area (TPSA) is 52.6 Å². The van der Waals surface area contributed by atoms with E-state index in [-0.39, 0.29) is 17.3 Å². The Bertz CT molecular complexity index is 803. The molecule has 0 fully saturated rings. The molecule has 0 saturated carbocycles. The van der Waals surface area contributed by atoms with Gasteiger partial charge in [-0.2, -0.15) is 0 Å². The van der Waals surface area contributed by atoms with Crippen LogP contribution in [0.4, 0.5) is 0 Å². The number of fused-ring (bicyclic) bond motifs is 1. The molecule has 0 amide bonds. The molecule has 0 unspecified atom stereocenters. The van der Waals surface area contributed by atoms with Crippen molar-refractivity contribution in [1.29, 1.82) is 0 Å². The number of carbonyl (C=O) groups is 2. The van der Waals surface area contributed by atoms with Gasteiger partial charge in [-0.25, -0.2) is 0 Å². The Morgan fingerprint density at radius 3 is 2.35 bits per heavy atom. The Labute approximate surface area is 134 Å². The SMILES string of the molecule is COC1=C(C)C(=O)c2ccc(OCc3ccccc3)cc2C1=O. The first kappa shape index (κ1) is 15.0. The van der Waals surface area contributed by atoms with Crippen molar-refractivity contribution in [2.75, 3.05) is 7.11 Å². The second kappa shape index (κ2) is 6.08. The van der Waals surface area contributed by atoms with E-state index in [1.54, 1.807) is 25.1 Å². The molecule has 2 aromatic rings. The number of Topliss-reactive ketones (excluding diaryl/α,β-unsaturated/α-hetero) is 2. The molecule has 116 valence electrons. The molecule has 0 bridgehead atoms. The zero-order valence-electron chi connectivity index (χ0n) is 13.0. The van der Waals surface area contributed by atoms with Crippen LogP contribution in [0.15, 0.2) is 59.9 Å². The molecule has 0 radical (unpaired) electrons. The quantitative estimate of drug-likeness (QED) is 0.866. The Morgan fingerprint density at radius 2 is 1.65 bits per heavy atom. The molecule has 0 spiro atoms. The van der Waals surface area contributed by atoms with Gasteiger partial charge >= 0.3 is 0 Å². The second-order valence-electron chi connectivity index (χ2n) is 5.30. The van der Waals surface area contributed by atoms with E-state index < -0.39 is 0 Å². The fourth-order valence-electron chi connectivity index (χ4n) is 2.58. The molecular formula is C19H16O4. The van der Waals surface area contributed by atoms with Crippen molar-refractivity contribution in [1.82, 2.24) is 0 Å². The highest BCUT2D eigenvalue weighted by molar-refractivity contribution is 6.26. The zero-order valence-corrected chi connectivity index (χ0v) is 13.0. The monoisotopic (exact) mass is 308 g/mol. The van der Waals surface area contributed by atoms with E-state index in [4.69, 9.17) is 9.47 Å². The normalized spacial score (nSPS) is 13.8. The van der Waals surface area contributed by atoms with Gasteiger partial charge in [-0.3, -0.25) is 9.59 Å². The molecule has 0 aliphatic heterocycles. The molecule has 0 atom stereocenters. The minimum Gasteiger partial charge on any atom is -0.492 e. The van der Waals surface area contributed by atoms with Crippen LogP contribution in [-0.4, -0.2) is 18.7 Å². The van der Waals surface area contributed by atoms with Gasteiger partial charge in [0.15, 0.2) is 11.5 Å². The first-order valence-corrected chi connectivity index (χ1v) is 7.27. The average molecular weight is 308 g/mol. The molecule has 2 aromatic carbocycles. The van der Waals surface area contributed by atoms with Crippen molar-refractivity contribution in [3.05, 3.63) is 76.6 Å². The van der Waals surface area contributed by atoms with E-state index in [1.807, 2.05) is 30.3 Å². The van der Waals surface area contributed by atoms with Crippen LogP contribution in [0, 0.1) is 0 Å². The van der Waals surface area contributed by atoms with Crippen molar-refractivity contribution in [2.24, 2.45) is 0 Å². The summed E-state index contributed by atoms with van der Waals surface area (Å²) in [4.78, 5) is 24.7. The largest absolute Gasteiger partial charge is 0.492 e. The molecule has 4 nitrogen and oxygen atoms in total. The third-order valence-electron chi connectivity index (χ3n) is 3.82. The van der Waals surface area contributed by atoms with Crippen molar-refractivity contribution in [3.8, 4) is 5.75 Å². The zero-order chi connectivity index (χ0) is 16.4. The standard InChI is InChI=1S/C19H16O4/c1-12-17(20)15-9-8-14(10-16(15)18(21)19(12)22-2)23-11-13-6-4-3-5-7-13/h3-10H,11H2,1-2H3. The number of methoxy groups -OCH3 is 1. The lowest BCUT2D eigenvalue weighted by Gasteiger charge is -2.18. The van der Waals surface area contributed by atoms with E-state index in [9.17, 15) is 9.59 Å². The highest BCUT2D eigenvalue weighted by Crippen LogP contribution is 2.29. The maximum absolute atomic E-state index is 12.4. The molecule has 0 aromatic heterocycles. The number of hydrogen-bond acceptors (Lipinski definition) is 4. The highest BCUT2D eigenvalue weighted by atomic mass is 16.5. The number of allylic oxidation sites excluding steroid dienone is 2. The van der Waals surface area contributed by atoms with E-state index in [2.05, 4.69) is 0 Å². The third kappa shape index (κ3) is 2.75. The van der Waals surface area contributed by atoms with Crippen molar-refractivity contribution >= 4 is 11.6 Å². The van der Waals surface area contributed by atoms with Gasteiger partial charge in [0.2, 0.25) is 5.78 Å². The molecule has 23 heavy (non-hydrogen) atoms. The van der Waals surface area contributed by atoms with Crippen LogP contribution in [0.5, 0.6) is 5.75 Å². The average Bonchev–Trinajstić information content (AvgIpc) is 2.59. The summed E-state index contributed by atoms with van der Waals surface area (Å²) < 4.78 is 10.8. The first-order chi connectivity index (χ1) is 11.1. The number of benzene rings is 2. The van der Waals surface area contributed by atoms with Crippen LogP contribution < -0.4 is 4.74 Å². The van der Waals surface area contributed by atoms with Gasteiger partial charge in [0.25, 0.3) is 0 Å². The van der Waals surface area contributed by atoms with E-state index in [0.717, 1.165) is 5.56 Å². The predicted molar refractivity (Wildman–Crippen MR) is 85.6 cm³/mol. The Morgan fingerprint density at radius 1 is 0.913 bits per heavy atom. The van der Waals surface area contributed by atoms with E-state index >= 15 is 0 Å². The van der Waals surface area contributed by atoms with Gasteiger partial charge in [-0.05, 0) is 30.7 Å². The molecule has 1 aliphatic carbocycles. The second-order valence-corrected chi connectivity index (χ2v) is 5.30. The van der Waals surface area contributed by atoms with Crippen LogP contribution in [0.3, 0.4) is 0 Å². The molecular weight excluding hydrogens is 292 g/mol. The van der Waals surface area contributed by atoms with Crippen LogP contribution in [0.1, 0.15) is 33.2 Å². The fraction of sp³-hybridized carbons (Fsp3) is 0.158. The van der Waals surface area contributed by atoms with Gasteiger partial charge in [-0.15, -0.1) is 0 Å². The minimum atomic E-state index is -0.287. The Kier molecular flexibility index (Phi) is 3.98. The van der Waals surface area contributed by atoms with Crippen molar-refractivity contribution in [3.63, 3.8) is 0 Å². The van der Waals surface area contributed by atoms with E-state index in [0.29, 0.717) is 29.1 Å². The first-order valence-electron chi connectivity index (χ1n) is 7.27. The summed E-state index contributed by atoms with van der Waals surface area (Å²) in [6.45, 7) is 2.00. The van der Waals surface area contributed by atoms with Crippen LogP contribution in [0.2, 0.25) is 0 Å². The number of carbonyl (C=O) groups excluding carboxylic acids is 2. The van der Waals surface area contributed by atoms with Crippen LogP contribution in [0.25, 0.3) is 0 Å². The van der Waals surface area contributed by atoms with Crippen molar-refractivity contribution < 1.29 is 19.1 Å². The summed E-state index contributed by atoms with van der Waals surface area (Å²) in [5.74, 6) is 0.169. The van der Waals surface area contributed by atoms with Gasteiger partial charge in [-0.1, -0.05) is 30.3 Å². The number of hydrogen-bond donors (Lipinski definition) is 0. The summed E-state index contributed by atoms with van der Waals surface area (Å²) in [6, 6.07) is 14.7.